The van der Waals surface area contributed by atoms with E-state index in [1.165, 1.54) is 25.5 Å². The van der Waals surface area contributed by atoms with Gasteiger partial charge in [-0.1, -0.05) is 18.6 Å². The van der Waals surface area contributed by atoms with Gasteiger partial charge in [-0.2, -0.15) is 0 Å². The molecule has 21 heavy (non-hydrogen) atoms. The van der Waals surface area contributed by atoms with Crippen LogP contribution in [0.25, 0.3) is 0 Å². The summed E-state index contributed by atoms with van der Waals surface area (Å²) in [6.45, 7) is 1.62. The lowest BCUT2D eigenvalue weighted by atomic mass is 9.96. The molecule has 0 spiro atoms. The van der Waals surface area contributed by atoms with Crippen molar-refractivity contribution >= 4 is 17.6 Å². The molecule has 0 aromatic heterocycles. The van der Waals surface area contributed by atoms with Crippen LogP contribution in [-0.2, 0) is 9.53 Å². The van der Waals surface area contributed by atoms with E-state index in [1.807, 2.05) is 6.07 Å². The number of esters is 1. The molecule has 0 bridgehead atoms. The summed E-state index contributed by atoms with van der Waals surface area (Å²) < 4.78 is 4.63. The van der Waals surface area contributed by atoms with Gasteiger partial charge >= 0.3 is 5.97 Å². The van der Waals surface area contributed by atoms with Gasteiger partial charge in [-0.3, -0.25) is 4.79 Å². The predicted molar refractivity (Wildman–Crippen MR) is 79.4 cm³/mol. The largest absolute Gasteiger partial charge is 0.467 e. The molecule has 1 aliphatic heterocycles. The summed E-state index contributed by atoms with van der Waals surface area (Å²) in [6.07, 6.45) is 3.56. The number of rotatable bonds is 3. The maximum Gasteiger partial charge on any atom is 0.328 e. The lowest BCUT2D eigenvalue weighted by Gasteiger charge is -2.14. The number of methoxy groups -OCH3 is 1. The maximum atomic E-state index is 12.4. The second-order valence-corrected chi connectivity index (χ2v) is 5.78. The van der Waals surface area contributed by atoms with Gasteiger partial charge in [0.15, 0.2) is 0 Å². The zero-order valence-electron chi connectivity index (χ0n) is 12.3. The second-order valence-electron chi connectivity index (χ2n) is 5.78. The molecule has 1 aromatic rings. The van der Waals surface area contributed by atoms with Crippen molar-refractivity contribution in [3.05, 3.63) is 29.3 Å². The van der Waals surface area contributed by atoms with E-state index >= 15 is 0 Å². The SMILES string of the molecule is COC(=O)[C@@H](C)NC(=O)c1cccc2c1NC1CCCC21. The van der Waals surface area contributed by atoms with E-state index in [0.29, 0.717) is 17.5 Å². The average Bonchev–Trinajstić information content (AvgIpc) is 3.06. The molecule has 2 aliphatic rings. The van der Waals surface area contributed by atoms with Crippen molar-refractivity contribution in [2.24, 2.45) is 0 Å². The minimum atomic E-state index is -0.653. The van der Waals surface area contributed by atoms with Crippen LogP contribution in [0.4, 0.5) is 5.69 Å². The van der Waals surface area contributed by atoms with Crippen molar-refractivity contribution in [1.29, 1.82) is 0 Å². The molecule has 3 rings (SSSR count). The first-order chi connectivity index (χ1) is 10.1. The van der Waals surface area contributed by atoms with E-state index in [-0.39, 0.29) is 5.91 Å². The van der Waals surface area contributed by atoms with Crippen LogP contribution >= 0.6 is 0 Å². The van der Waals surface area contributed by atoms with Crippen molar-refractivity contribution < 1.29 is 14.3 Å². The Kier molecular flexibility index (Phi) is 3.57. The third-order valence-corrected chi connectivity index (χ3v) is 4.49. The van der Waals surface area contributed by atoms with Crippen LogP contribution in [0.15, 0.2) is 18.2 Å². The van der Waals surface area contributed by atoms with Gasteiger partial charge in [-0.25, -0.2) is 4.79 Å². The lowest BCUT2D eigenvalue weighted by Crippen LogP contribution is -2.39. The summed E-state index contributed by atoms with van der Waals surface area (Å²) in [4.78, 5) is 23.8. The molecule has 1 aromatic carbocycles. The lowest BCUT2D eigenvalue weighted by molar-refractivity contribution is -0.142. The molecule has 1 heterocycles. The van der Waals surface area contributed by atoms with Gasteiger partial charge in [-0.05, 0) is 31.4 Å². The Hall–Kier alpha value is -2.04. The standard InChI is InChI=1S/C16H20N2O3/c1-9(16(20)21-2)17-15(19)12-7-3-6-11-10-5-4-8-13(10)18-14(11)12/h3,6-7,9-10,13,18H,4-5,8H2,1-2H3,(H,17,19)/t9-,10?,13?/m1/s1. The van der Waals surface area contributed by atoms with E-state index in [1.54, 1.807) is 13.0 Å². The number of carbonyl (C=O) groups is 2. The van der Waals surface area contributed by atoms with E-state index in [4.69, 9.17) is 0 Å². The van der Waals surface area contributed by atoms with Crippen LogP contribution in [0.1, 0.15) is 48.0 Å². The van der Waals surface area contributed by atoms with Crippen molar-refractivity contribution in [3.63, 3.8) is 0 Å². The topological polar surface area (TPSA) is 67.4 Å². The molecule has 5 nitrogen and oxygen atoms in total. The van der Waals surface area contributed by atoms with Crippen molar-refractivity contribution in [1.82, 2.24) is 5.32 Å². The van der Waals surface area contributed by atoms with Crippen molar-refractivity contribution in [2.75, 3.05) is 12.4 Å². The number of amides is 1. The van der Waals surface area contributed by atoms with Gasteiger partial charge < -0.3 is 15.4 Å². The highest BCUT2D eigenvalue weighted by molar-refractivity contribution is 6.02. The number of hydrogen-bond acceptors (Lipinski definition) is 4. The molecule has 1 fully saturated rings. The maximum absolute atomic E-state index is 12.4. The number of nitrogens with one attached hydrogen (secondary N) is 2. The average molecular weight is 288 g/mol. The molecule has 0 saturated heterocycles. The minimum absolute atomic E-state index is 0.239. The Morgan fingerprint density at radius 1 is 1.38 bits per heavy atom. The van der Waals surface area contributed by atoms with Crippen molar-refractivity contribution in [3.8, 4) is 0 Å². The van der Waals surface area contributed by atoms with E-state index < -0.39 is 12.0 Å². The van der Waals surface area contributed by atoms with Crippen LogP contribution < -0.4 is 10.6 Å². The molecule has 112 valence electrons. The van der Waals surface area contributed by atoms with Gasteiger partial charge in [0.2, 0.25) is 0 Å². The Labute approximate surface area is 124 Å². The van der Waals surface area contributed by atoms with Gasteiger partial charge in [0, 0.05) is 12.0 Å². The highest BCUT2D eigenvalue weighted by atomic mass is 16.5. The molecule has 5 heteroatoms. The summed E-state index contributed by atoms with van der Waals surface area (Å²) in [7, 11) is 1.31. The third-order valence-electron chi connectivity index (χ3n) is 4.49. The number of anilines is 1. The molecule has 2 unspecified atom stereocenters. The van der Waals surface area contributed by atoms with Crippen LogP contribution in [0.3, 0.4) is 0 Å². The molecule has 1 aliphatic carbocycles. The number of para-hydroxylation sites is 1. The number of ether oxygens (including phenoxy) is 1. The fourth-order valence-electron chi connectivity index (χ4n) is 3.43. The Morgan fingerprint density at radius 3 is 2.95 bits per heavy atom. The van der Waals surface area contributed by atoms with Crippen molar-refractivity contribution in [2.45, 2.75) is 44.2 Å². The first-order valence-corrected chi connectivity index (χ1v) is 7.40. The summed E-state index contributed by atoms with van der Waals surface area (Å²) in [5.74, 6) is -0.163. The van der Waals surface area contributed by atoms with E-state index in [2.05, 4.69) is 21.4 Å². The summed E-state index contributed by atoms with van der Waals surface area (Å²) in [5, 5.41) is 6.17. The molecule has 0 radical (unpaired) electrons. The van der Waals surface area contributed by atoms with Crippen LogP contribution in [0.2, 0.25) is 0 Å². The Balaban J connectivity index is 1.83. The summed E-state index contributed by atoms with van der Waals surface area (Å²) in [6, 6.07) is 5.61. The third kappa shape index (κ3) is 2.37. The first kappa shape index (κ1) is 13.9. The molecular weight excluding hydrogens is 268 g/mol. The monoisotopic (exact) mass is 288 g/mol. The zero-order chi connectivity index (χ0) is 15.0. The summed E-state index contributed by atoms with van der Waals surface area (Å²) >= 11 is 0. The summed E-state index contributed by atoms with van der Waals surface area (Å²) in [5.41, 5.74) is 2.77. The number of hydrogen-bond donors (Lipinski definition) is 2. The van der Waals surface area contributed by atoms with E-state index in [9.17, 15) is 9.59 Å². The number of benzene rings is 1. The highest BCUT2D eigenvalue weighted by Gasteiger charge is 2.37. The Morgan fingerprint density at radius 2 is 2.19 bits per heavy atom. The van der Waals surface area contributed by atoms with Crippen LogP contribution in [-0.4, -0.2) is 31.1 Å². The van der Waals surface area contributed by atoms with Crippen LogP contribution in [0.5, 0.6) is 0 Å². The van der Waals surface area contributed by atoms with Gasteiger partial charge in [-0.15, -0.1) is 0 Å². The number of fused-ring (bicyclic) bond motifs is 3. The fraction of sp³-hybridized carbons (Fsp3) is 0.500. The molecular formula is C16H20N2O3. The molecule has 3 atom stereocenters. The quantitative estimate of drug-likeness (QED) is 0.835. The zero-order valence-corrected chi connectivity index (χ0v) is 12.3. The first-order valence-electron chi connectivity index (χ1n) is 7.40. The van der Waals surface area contributed by atoms with Crippen LogP contribution in [0, 0.1) is 0 Å². The van der Waals surface area contributed by atoms with Gasteiger partial charge in [0.25, 0.3) is 5.91 Å². The minimum Gasteiger partial charge on any atom is -0.467 e. The second kappa shape index (κ2) is 5.39. The smallest absolute Gasteiger partial charge is 0.328 e. The predicted octanol–water partition coefficient (Wildman–Crippen LogP) is 2.04. The van der Waals surface area contributed by atoms with Gasteiger partial charge in [0.05, 0.1) is 18.4 Å². The molecule has 1 amide bonds. The molecule has 2 N–H and O–H groups in total. The molecule has 1 saturated carbocycles. The van der Waals surface area contributed by atoms with E-state index in [0.717, 1.165) is 12.1 Å². The highest BCUT2D eigenvalue weighted by Crippen LogP contribution is 2.46. The number of carbonyl (C=O) groups excluding carboxylic acids is 2. The fourth-order valence-corrected chi connectivity index (χ4v) is 3.43. The normalized spacial score (nSPS) is 23.7. The van der Waals surface area contributed by atoms with Gasteiger partial charge in [0.1, 0.15) is 6.04 Å². The Bertz CT molecular complexity index is 585.